The number of nitrogens with zero attached hydrogens (tertiary/aromatic N) is 1. The molecule has 0 fully saturated rings. The number of alkyl halides is 3. The Labute approximate surface area is 108 Å². The van der Waals surface area contributed by atoms with Crippen molar-refractivity contribution in [3.8, 4) is 0 Å². The van der Waals surface area contributed by atoms with E-state index < -0.39 is 12.7 Å². The van der Waals surface area contributed by atoms with Gasteiger partial charge in [-0.25, -0.2) is 0 Å². The van der Waals surface area contributed by atoms with Gasteiger partial charge in [-0.1, -0.05) is 17.7 Å². The first-order valence-corrected chi connectivity index (χ1v) is 5.58. The molecule has 0 amide bonds. The molecule has 0 aromatic heterocycles. The van der Waals surface area contributed by atoms with E-state index in [4.69, 9.17) is 22.7 Å². The predicted molar refractivity (Wildman–Crippen MR) is 66.4 cm³/mol. The molecule has 0 aliphatic rings. The van der Waals surface area contributed by atoms with Crippen LogP contribution in [0, 0.1) is 5.41 Å². The van der Waals surface area contributed by atoms with Crippen LogP contribution in [0.25, 0.3) is 0 Å². The van der Waals surface area contributed by atoms with Crippen molar-refractivity contribution in [1.82, 2.24) is 0 Å². The van der Waals surface area contributed by atoms with E-state index in [2.05, 4.69) is 0 Å². The second kappa shape index (κ2) is 5.48. The molecule has 0 heterocycles. The maximum Gasteiger partial charge on any atom is 0.405 e. The smallest absolute Gasteiger partial charge is 0.384 e. The molecule has 7 heteroatoms. The number of nitrogen functional groups attached to an aromatic ring is 1. The van der Waals surface area contributed by atoms with Crippen molar-refractivity contribution in [2.24, 2.45) is 5.73 Å². The molecule has 100 valence electrons. The third-order valence-electron chi connectivity index (χ3n) is 2.35. The summed E-state index contributed by atoms with van der Waals surface area (Å²) in [4.78, 5) is 1.09. The lowest BCUT2D eigenvalue weighted by Gasteiger charge is -2.26. The number of nitrogens with two attached hydrogens (primary N) is 1. The lowest BCUT2D eigenvalue weighted by molar-refractivity contribution is -0.119. The zero-order valence-electron chi connectivity index (χ0n) is 9.68. The van der Waals surface area contributed by atoms with Crippen LogP contribution in [0.4, 0.5) is 18.9 Å². The van der Waals surface area contributed by atoms with Crippen LogP contribution in [0.1, 0.15) is 12.5 Å². The SMILES string of the molecule is CCN(CC(F)(F)F)c1cccc(Cl)c1C(=N)N. The minimum atomic E-state index is -4.33. The summed E-state index contributed by atoms with van der Waals surface area (Å²) >= 11 is 5.87. The molecule has 0 spiro atoms. The number of nitrogens with one attached hydrogen (secondary N) is 1. The highest BCUT2D eigenvalue weighted by Gasteiger charge is 2.31. The highest BCUT2D eigenvalue weighted by molar-refractivity contribution is 6.34. The average Bonchev–Trinajstić information content (AvgIpc) is 2.23. The van der Waals surface area contributed by atoms with Gasteiger partial charge in [0, 0.05) is 12.2 Å². The molecule has 1 aromatic rings. The predicted octanol–water partition coefficient (Wildman–Crippen LogP) is 3.01. The van der Waals surface area contributed by atoms with E-state index in [0.717, 1.165) is 4.90 Å². The van der Waals surface area contributed by atoms with Gasteiger partial charge in [0.05, 0.1) is 10.6 Å². The molecule has 0 atom stereocenters. The Morgan fingerprint density at radius 2 is 2.06 bits per heavy atom. The van der Waals surface area contributed by atoms with Crippen molar-refractivity contribution in [3.63, 3.8) is 0 Å². The molecule has 0 unspecified atom stereocenters. The fourth-order valence-electron chi connectivity index (χ4n) is 1.63. The molecule has 0 aliphatic carbocycles. The second-order valence-electron chi connectivity index (χ2n) is 3.68. The quantitative estimate of drug-likeness (QED) is 0.657. The fraction of sp³-hybridized carbons (Fsp3) is 0.364. The Bertz CT molecular complexity index is 446. The van der Waals surface area contributed by atoms with Crippen LogP contribution >= 0.6 is 11.6 Å². The zero-order valence-corrected chi connectivity index (χ0v) is 10.4. The summed E-state index contributed by atoms with van der Waals surface area (Å²) in [6.07, 6.45) is -4.33. The number of amidine groups is 1. The average molecular weight is 280 g/mol. The fourth-order valence-corrected chi connectivity index (χ4v) is 1.90. The maximum absolute atomic E-state index is 12.5. The number of hydrogen-bond donors (Lipinski definition) is 2. The van der Waals surface area contributed by atoms with Crippen LogP contribution in [-0.2, 0) is 0 Å². The van der Waals surface area contributed by atoms with Crippen molar-refractivity contribution in [3.05, 3.63) is 28.8 Å². The van der Waals surface area contributed by atoms with E-state index in [0.29, 0.717) is 0 Å². The molecule has 0 saturated carbocycles. The summed E-state index contributed by atoms with van der Waals surface area (Å²) in [5.74, 6) is -0.351. The first-order valence-electron chi connectivity index (χ1n) is 5.21. The summed E-state index contributed by atoms with van der Waals surface area (Å²) < 4.78 is 37.4. The lowest BCUT2D eigenvalue weighted by atomic mass is 10.1. The highest BCUT2D eigenvalue weighted by Crippen LogP contribution is 2.29. The molecule has 0 saturated heterocycles. The second-order valence-corrected chi connectivity index (χ2v) is 4.08. The lowest BCUT2D eigenvalue weighted by Crippen LogP contribution is -2.35. The molecule has 3 nitrogen and oxygen atoms in total. The Morgan fingerprint density at radius 3 is 2.50 bits per heavy atom. The molecule has 0 aliphatic heterocycles. The molecular weight excluding hydrogens is 267 g/mol. The topological polar surface area (TPSA) is 53.1 Å². The van der Waals surface area contributed by atoms with E-state index in [-0.39, 0.29) is 28.7 Å². The largest absolute Gasteiger partial charge is 0.405 e. The van der Waals surface area contributed by atoms with Gasteiger partial charge in [0.15, 0.2) is 0 Å². The number of halogens is 4. The Morgan fingerprint density at radius 1 is 1.44 bits per heavy atom. The molecule has 1 rings (SSSR count). The number of rotatable bonds is 4. The molecule has 0 bridgehead atoms. The standard InChI is InChI=1S/C11H13ClF3N3/c1-2-18(6-11(13,14)15)8-5-3-4-7(12)9(8)10(16)17/h3-5H,2,6H2,1H3,(H3,16,17). The van der Waals surface area contributed by atoms with Crippen LogP contribution in [0.5, 0.6) is 0 Å². The molecule has 18 heavy (non-hydrogen) atoms. The van der Waals surface area contributed by atoms with E-state index in [1.807, 2.05) is 0 Å². The van der Waals surface area contributed by atoms with E-state index >= 15 is 0 Å². The van der Waals surface area contributed by atoms with Gasteiger partial charge in [-0.05, 0) is 19.1 Å². The van der Waals surface area contributed by atoms with Crippen molar-refractivity contribution in [2.75, 3.05) is 18.0 Å². The normalized spacial score (nSPS) is 11.4. The summed E-state index contributed by atoms with van der Waals surface area (Å²) in [6, 6.07) is 4.49. The number of anilines is 1. The minimum Gasteiger partial charge on any atom is -0.384 e. The highest BCUT2D eigenvalue weighted by atomic mass is 35.5. The minimum absolute atomic E-state index is 0.130. The summed E-state index contributed by atoms with van der Waals surface area (Å²) in [5.41, 5.74) is 5.71. The van der Waals surface area contributed by atoms with E-state index in [1.165, 1.54) is 18.2 Å². The van der Waals surface area contributed by atoms with Crippen LogP contribution in [-0.4, -0.2) is 25.1 Å². The van der Waals surface area contributed by atoms with Crippen molar-refractivity contribution >= 4 is 23.1 Å². The number of hydrogen-bond acceptors (Lipinski definition) is 2. The van der Waals surface area contributed by atoms with Gasteiger partial charge in [-0.2, -0.15) is 13.2 Å². The van der Waals surface area contributed by atoms with E-state index in [9.17, 15) is 13.2 Å². The summed E-state index contributed by atoms with van der Waals surface area (Å²) in [7, 11) is 0. The van der Waals surface area contributed by atoms with Gasteiger partial charge in [0.2, 0.25) is 0 Å². The van der Waals surface area contributed by atoms with Gasteiger partial charge in [0.1, 0.15) is 12.4 Å². The van der Waals surface area contributed by atoms with Crippen molar-refractivity contribution < 1.29 is 13.2 Å². The first-order chi connectivity index (χ1) is 8.26. The maximum atomic E-state index is 12.5. The van der Waals surface area contributed by atoms with E-state index in [1.54, 1.807) is 6.92 Å². The number of benzene rings is 1. The van der Waals surface area contributed by atoms with Crippen LogP contribution < -0.4 is 10.6 Å². The first kappa shape index (κ1) is 14.6. The van der Waals surface area contributed by atoms with Crippen LogP contribution in [0.3, 0.4) is 0 Å². The molecule has 3 N–H and O–H groups in total. The third kappa shape index (κ3) is 3.53. The van der Waals surface area contributed by atoms with Crippen LogP contribution in [0.2, 0.25) is 5.02 Å². The van der Waals surface area contributed by atoms with Gasteiger partial charge >= 0.3 is 6.18 Å². The van der Waals surface area contributed by atoms with Gasteiger partial charge in [-0.15, -0.1) is 0 Å². The van der Waals surface area contributed by atoms with Crippen molar-refractivity contribution in [2.45, 2.75) is 13.1 Å². The van der Waals surface area contributed by atoms with Gasteiger partial charge in [-0.3, -0.25) is 5.41 Å². The third-order valence-corrected chi connectivity index (χ3v) is 2.67. The zero-order chi connectivity index (χ0) is 13.9. The Hall–Kier alpha value is -1.43. The Kier molecular flexibility index (Phi) is 4.45. The Balaban J connectivity index is 3.21. The summed E-state index contributed by atoms with van der Waals surface area (Å²) in [6.45, 7) is 0.626. The monoisotopic (exact) mass is 279 g/mol. The van der Waals surface area contributed by atoms with Gasteiger partial charge < -0.3 is 10.6 Å². The molecule has 1 aromatic carbocycles. The molecule has 0 radical (unpaired) electrons. The van der Waals surface area contributed by atoms with Crippen molar-refractivity contribution in [1.29, 1.82) is 5.41 Å². The van der Waals surface area contributed by atoms with Crippen LogP contribution in [0.15, 0.2) is 18.2 Å². The summed E-state index contributed by atoms with van der Waals surface area (Å²) in [5, 5.41) is 7.57. The van der Waals surface area contributed by atoms with Gasteiger partial charge in [0.25, 0.3) is 0 Å². The molecular formula is C11H13ClF3N3.